The quantitative estimate of drug-likeness (QED) is 0.236. The zero-order valence-corrected chi connectivity index (χ0v) is 21.3. The maximum atomic E-state index is 6.63. The summed E-state index contributed by atoms with van der Waals surface area (Å²) in [6.45, 7) is 2.24. The Hall–Kier alpha value is -1.61. The van der Waals surface area contributed by atoms with Crippen LogP contribution in [0.3, 0.4) is 0 Å². The topological polar surface area (TPSA) is 26.0 Å². The average Bonchev–Trinajstić information content (AvgIpc) is 3.11. The zero-order valence-electron chi connectivity index (χ0n) is 18.2. The Morgan fingerprint density at radius 3 is 2.00 bits per heavy atom. The minimum atomic E-state index is -3.42. The number of hydrogen-bond acceptors (Lipinski definition) is 1. The molecule has 5 rings (SSSR count). The number of unbranched alkanes of at least 4 members (excludes halogenated alkanes) is 1. The van der Waals surface area contributed by atoms with Gasteiger partial charge in [0.2, 0.25) is 0 Å². The number of aryl methyl sites for hydroxylation is 1. The Morgan fingerprint density at radius 2 is 1.38 bits per heavy atom. The van der Waals surface area contributed by atoms with Crippen LogP contribution in [-0.2, 0) is 25.9 Å². The number of benzene rings is 4. The van der Waals surface area contributed by atoms with Gasteiger partial charge in [0.05, 0.1) is 0 Å². The summed E-state index contributed by atoms with van der Waals surface area (Å²) in [7, 11) is 13.3. The summed E-state index contributed by atoms with van der Waals surface area (Å²) in [5, 5.41) is 2.58. The molecule has 0 bridgehead atoms. The standard InChI is InChI=1S/C28H25.2ClH.H2N.Ti/c1-3-4-12-21-19(2)27(18-20-11-5-6-13-22(20)21)28-25-16-9-7-14-23(25)24-15-8-10-17-26(24)28;;;;/h5-11,13-18,28H,2-4,12H2,1H3;2*1H;1H2;/q;;;-1;+3/p-2. The van der Waals surface area contributed by atoms with Gasteiger partial charge in [-0.1, -0.05) is 0 Å². The maximum absolute atomic E-state index is 6.63. The van der Waals surface area contributed by atoms with Crippen molar-refractivity contribution in [1.82, 2.24) is 0 Å². The Morgan fingerprint density at radius 1 is 0.781 bits per heavy atom. The van der Waals surface area contributed by atoms with E-state index in [1.54, 1.807) is 0 Å². The van der Waals surface area contributed by atoms with E-state index < -0.39 is 14.7 Å². The first-order valence-electron chi connectivity index (χ1n) is 11.4. The van der Waals surface area contributed by atoms with Crippen LogP contribution in [0.5, 0.6) is 0 Å². The molecule has 1 aliphatic rings. The molecule has 0 fully saturated rings. The second kappa shape index (κ2) is 8.97. The Labute approximate surface area is 202 Å². The van der Waals surface area contributed by atoms with Crippen LogP contribution in [0.25, 0.3) is 21.9 Å². The van der Waals surface area contributed by atoms with Crippen molar-refractivity contribution in [2.75, 3.05) is 0 Å². The SMILES string of the molecule is CCCCc1c([CH2][Ti]([NH2])([Cl])[Cl])c(C2c3ccccc3-c3ccccc32)cc2ccccc12. The zero-order chi connectivity index (χ0) is 22.3. The van der Waals surface area contributed by atoms with E-state index in [0.717, 1.165) is 19.3 Å². The van der Waals surface area contributed by atoms with Crippen molar-refractivity contribution < 1.29 is 14.7 Å². The van der Waals surface area contributed by atoms with Gasteiger partial charge in [-0.15, -0.1) is 0 Å². The van der Waals surface area contributed by atoms with Crippen molar-refractivity contribution in [2.45, 2.75) is 36.8 Å². The van der Waals surface area contributed by atoms with Crippen molar-refractivity contribution in [3.8, 4) is 11.1 Å². The van der Waals surface area contributed by atoms with E-state index in [1.165, 1.54) is 49.7 Å². The van der Waals surface area contributed by atoms with Gasteiger partial charge in [0.15, 0.2) is 0 Å². The van der Waals surface area contributed by atoms with E-state index in [4.69, 9.17) is 22.8 Å². The van der Waals surface area contributed by atoms with Gasteiger partial charge in [0.1, 0.15) is 0 Å². The molecule has 0 atom stereocenters. The van der Waals surface area contributed by atoms with E-state index in [1.807, 2.05) is 0 Å². The summed E-state index contributed by atoms with van der Waals surface area (Å²) in [5.74, 6) is 0.167. The molecular weight excluding hydrogens is 469 g/mol. The number of hydrogen-bond donors (Lipinski definition) is 1. The molecular formula is C28H27Cl2NTi. The van der Waals surface area contributed by atoms with Gasteiger partial charge in [0, 0.05) is 0 Å². The fourth-order valence-electron chi connectivity index (χ4n) is 5.32. The van der Waals surface area contributed by atoms with Crippen LogP contribution in [0.1, 0.15) is 53.5 Å². The fourth-order valence-corrected chi connectivity index (χ4v) is 7.81. The summed E-state index contributed by atoms with van der Waals surface area (Å²) >= 11 is -3.42. The van der Waals surface area contributed by atoms with E-state index in [-0.39, 0.29) is 5.92 Å². The Balaban J connectivity index is 1.83. The molecule has 0 aromatic heterocycles. The first-order valence-corrected chi connectivity index (χ1v) is 17.7. The summed E-state index contributed by atoms with van der Waals surface area (Å²) in [4.78, 5) is 0. The summed E-state index contributed by atoms with van der Waals surface area (Å²) in [6.07, 6.45) is 3.29. The molecule has 4 heteroatoms. The third-order valence-electron chi connectivity index (χ3n) is 6.65. The molecule has 0 saturated heterocycles. The predicted molar refractivity (Wildman–Crippen MR) is 135 cm³/mol. The molecule has 1 aliphatic carbocycles. The number of nitrogens with two attached hydrogens (primary N) is 1. The third kappa shape index (κ3) is 4.07. The molecule has 0 radical (unpaired) electrons. The van der Waals surface area contributed by atoms with Crippen molar-refractivity contribution in [1.29, 1.82) is 0 Å². The van der Waals surface area contributed by atoms with Crippen LogP contribution < -0.4 is 4.22 Å². The van der Waals surface area contributed by atoms with Gasteiger partial charge in [-0.2, -0.15) is 0 Å². The number of fused-ring (bicyclic) bond motifs is 4. The van der Waals surface area contributed by atoms with Gasteiger partial charge >= 0.3 is 203 Å². The minimum absolute atomic E-state index is 0.167. The second-order valence-electron chi connectivity index (χ2n) is 8.79. The number of halogens is 2. The fraction of sp³-hybridized carbons (Fsp3) is 0.214. The van der Waals surface area contributed by atoms with Gasteiger partial charge in [-0.05, 0) is 0 Å². The van der Waals surface area contributed by atoms with E-state index in [2.05, 4.69) is 85.8 Å². The molecule has 4 aromatic carbocycles. The van der Waals surface area contributed by atoms with Gasteiger partial charge in [0.25, 0.3) is 0 Å². The molecule has 0 saturated carbocycles. The Bertz CT molecular complexity index is 1250. The van der Waals surface area contributed by atoms with Crippen LogP contribution in [-0.4, -0.2) is 0 Å². The van der Waals surface area contributed by atoms with E-state index in [9.17, 15) is 0 Å². The van der Waals surface area contributed by atoms with Crippen LogP contribution in [0.4, 0.5) is 0 Å². The normalized spacial score (nSPS) is 13.4. The van der Waals surface area contributed by atoms with Crippen LogP contribution >= 0.6 is 18.6 Å². The van der Waals surface area contributed by atoms with Crippen molar-refractivity contribution in [3.63, 3.8) is 0 Å². The molecule has 0 spiro atoms. The van der Waals surface area contributed by atoms with Crippen molar-refractivity contribution in [2.24, 2.45) is 4.22 Å². The second-order valence-corrected chi connectivity index (χ2v) is 18.1. The molecule has 0 unspecified atom stereocenters. The summed E-state index contributed by atoms with van der Waals surface area (Å²) < 4.78 is 6.98. The first-order chi connectivity index (χ1) is 15.5. The molecule has 2 N–H and O–H groups in total. The molecule has 162 valence electrons. The first kappa shape index (κ1) is 22.2. The number of rotatable bonds is 6. The molecule has 1 nitrogen and oxygen atoms in total. The summed E-state index contributed by atoms with van der Waals surface area (Å²) in [6, 6.07) is 28.6. The monoisotopic (exact) mass is 495 g/mol. The molecule has 0 heterocycles. The summed E-state index contributed by atoms with van der Waals surface area (Å²) in [5.41, 5.74) is 9.31. The molecule has 0 amide bonds. The molecule has 0 aliphatic heterocycles. The van der Waals surface area contributed by atoms with Crippen LogP contribution in [0.2, 0.25) is 0 Å². The Kier molecular flexibility index (Phi) is 6.22. The van der Waals surface area contributed by atoms with Crippen molar-refractivity contribution >= 4 is 29.4 Å². The van der Waals surface area contributed by atoms with Gasteiger partial charge in [-0.25, -0.2) is 0 Å². The van der Waals surface area contributed by atoms with Crippen LogP contribution in [0.15, 0.2) is 78.9 Å². The molecule has 32 heavy (non-hydrogen) atoms. The van der Waals surface area contributed by atoms with Crippen LogP contribution in [0, 0.1) is 0 Å². The van der Waals surface area contributed by atoms with E-state index in [0.29, 0.717) is 4.73 Å². The molecule has 4 aromatic rings. The van der Waals surface area contributed by atoms with Gasteiger partial charge in [-0.3, -0.25) is 0 Å². The van der Waals surface area contributed by atoms with E-state index >= 15 is 0 Å². The third-order valence-corrected chi connectivity index (χ3v) is 9.04. The predicted octanol–water partition coefficient (Wildman–Crippen LogP) is 8.18. The average molecular weight is 496 g/mol. The van der Waals surface area contributed by atoms with Crippen molar-refractivity contribution in [3.05, 3.63) is 107 Å². The van der Waals surface area contributed by atoms with Gasteiger partial charge < -0.3 is 0 Å².